The number of nitrogens with zero attached hydrogens (tertiary/aromatic N) is 2. The highest BCUT2D eigenvalue weighted by Gasteiger charge is 2.13. The molecule has 72 valence electrons. The van der Waals surface area contributed by atoms with E-state index in [1.165, 1.54) is 16.8 Å². The summed E-state index contributed by atoms with van der Waals surface area (Å²) in [5.41, 5.74) is 5.35. The van der Waals surface area contributed by atoms with E-state index in [2.05, 4.69) is 23.6 Å². The van der Waals surface area contributed by atoms with Gasteiger partial charge in [0.05, 0.1) is 5.69 Å². The standard InChI is InChI=1S/C10H16N2O/c1-6-7(2)10(8(3)11-13)12(5)9(6)4/h13H,1-5H3. The van der Waals surface area contributed by atoms with E-state index in [1.54, 1.807) is 6.92 Å². The second-order valence-corrected chi connectivity index (χ2v) is 3.43. The monoisotopic (exact) mass is 180 g/mol. The third-order valence-electron chi connectivity index (χ3n) is 2.79. The van der Waals surface area contributed by atoms with E-state index in [1.807, 2.05) is 14.0 Å². The van der Waals surface area contributed by atoms with Crippen molar-refractivity contribution in [1.82, 2.24) is 4.57 Å². The van der Waals surface area contributed by atoms with E-state index < -0.39 is 0 Å². The fraction of sp³-hybridized carbons (Fsp3) is 0.500. The van der Waals surface area contributed by atoms with Crippen molar-refractivity contribution in [3.8, 4) is 0 Å². The number of oxime groups is 1. The van der Waals surface area contributed by atoms with Gasteiger partial charge >= 0.3 is 0 Å². The summed E-state index contributed by atoms with van der Waals surface area (Å²) in [7, 11) is 1.99. The molecule has 3 nitrogen and oxygen atoms in total. The van der Waals surface area contributed by atoms with Gasteiger partial charge in [-0.05, 0) is 38.8 Å². The summed E-state index contributed by atoms with van der Waals surface area (Å²) in [4.78, 5) is 0. The molecule has 0 amide bonds. The highest BCUT2D eigenvalue weighted by Crippen LogP contribution is 2.20. The summed E-state index contributed by atoms with van der Waals surface area (Å²) in [6.07, 6.45) is 0. The van der Waals surface area contributed by atoms with Crippen molar-refractivity contribution in [2.45, 2.75) is 27.7 Å². The van der Waals surface area contributed by atoms with Crippen LogP contribution in [0.25, 0.3) is 0 Å². The second-order valence-electron chi connectivity index (χ2n) is 3.43. The molecule has 0 unspecified atom stereocenters. The lowest BCUT2D eigenvalue weighted by atomic mass is 10.1. The summed E-state index contributed by atoms with van der Waals surface area (Å²) in [6.45, 7) is 8.00. The molecule has 0 bridgehead atoms. The van der Waals surface area contributed by atoms with Gasteiger partial charge in [0.15, 0.2) is 0 Å². The van der Waals surface area contributed by atoms with Crippen molar-refractivity contribution in [2.24, 2.45) is 12.2 Å². The lowest BCUT2D eigenvalue weighted by molar-refractivity contribution is 0.318. The van der Waals surface area contributed by atoms with Crippen molar-refractivity contribution in [3.05, 3.63) is 22.5 Å². The quantitative estimate of drug-likeness (QED) is 0.401. The topological polar surface area (TPSA) is 37.5 Å². The van der Waals surface area contributed by atoms with Gasteiger partial charge in [-0.15, -0.1) is 0 Å². The Labute approximate surface area is 78.7 Å². The predicted molar refractivity (Wildman–Crippen MR) is 53.6 cm³/mol. The summed E-state index contributed by atoms with van der Waals surface area (Å²) in [5.74, 6) is 0. The maximum Gasteiger partial charge on any atom is 0.100 e. The van der Waals surface area contributed by atoms with E-state index in [0.717, 1.165) is 5.69 Å². The zero-order valence-electron chi connectivity index (χ0n) is 8.84. The van der Waals surface area contributed by atoms with E-state index >= 15 is 0 Å². The summed E-state index contributed by atoms with van der Waals surface area (Å²) in [5, 5.41) is 11.9. The number of aromatic nitrogens is 1. The minimum Gasteiger partial charge on any atom is -0.411 e. The van der Waals surface area contributed by atoms with Crippen LogP contribution in [0.2, 0.25) is 0 Å². The smallest absolute Gasteiger partial charge is 0.100 e. The molecule has 0 atom stereocenters. The fourth-order valence-corrected chi connectivity index (χ4v) is 1.68. The molecule has 0 saturated heterocycles. The van der Waals surface area contributed by atoms with E-state index in [0.29, 0.717) is 5.71 Å². The van der Waals surface area contributed by atoms with Crippen LogP contribution in [0.3, 0.4) is 0 Å². The van der Waals surface area contributed by atoms with Gasteiger partial charge < -0.3 is 9.77 Å². The van der Waals surface area contributed by atoms with Crippen molar-refractivity contribution >= 4 is 5.71 Å². The molecule has 0 aliphatic heterocycles. The van der Waals surface area contributed by atoms with Crippen LogP contribution < -0.4 is 0 Å². The van der Waals surface area contributed by atoms with Gasteiger partial charge in [-0.25, -0.2) is 0 Å². The van der Waals surface area contributed by atoms with Gasteiger partial charge in [-0.2, -0.15) is 0 Å². The van der Waals surface area contributed by atoms with Crippen LogP contribution >= 0.6 is 0 Å². The van der Waals surface area contributed by atoms with Gasteiger partial charge in [0.25, 0.3) is 0 Å². The normalized spacial score (nSPS) is 12.2. The lowest BCUT2D eigenvalue weighted by Gasteiger charge is -2.03. The number of rotatable bonds is 1. The number of hydrogen-bond acceptors (Lipinski definition) is 2. The third-order valence-corrected chi connectivity index (χ3v) is 2.79. The summed E-state index contributed by atoms with van der Waals surface area (Å²) < 4.78 is 2.06. The Kier molecular flexibility index (Phi) is 2.45. The Balaban J connectivity index is 3.46. The van der Waals surface area contributed by atoms with Gasteiger partial charge in [-0.3, -0.25) is 0 Å². The Morgan fingerprint density at radius 3 is 2.08 bits per heavy atom. The Hall–Kier alpha value is -1.25. The Morgan fingerprint density at radius 1 is 1.23 bits per heavy atom. The van der Waals surface area contributed by atoms with Crippen molar-refractivity contribution in [3.63, 3.8) is 0 Å². The molecular weight excluding hydrogens is 164 g/mol. The van der Waals surface area contributed by atoms with Crippen molar-refractivity contribution < 1.29 is 5.21 Å². The van der Waals surface area contributed by atoms with Crippen molar-refractivity contribution in [1.29, 1.82) is 0 Å². The zero-order chi connectivity index (χ0) is 10.2. The molecule has 0 aliphatic rings. The molecule has 1 rings (SSSR count). The SMILES string of the molecule is CC(=NO)c1c(C)c(C)c(C)n1C. The molecule has 13 heavy (non-hydrogen) atoms. The molecule has 1 heterocycles. The molecule has 0 aromatic carbocycles. The van der Waals surface area contributed by atoms with Crippen LogP contribution in [0.4, 0.5) is 0 Å². The first kappa shape index (κ1) is 9.84. The molecule has 3 heteroatoms. The minimum absolute atomic E-state index is 0.663. The van der Waals surface area contributed by atoms with Gasteiger partial charge in [0, 0.05) is 12.7 Å². The molecule has 1 aromatic rings. The molecule has 0 aliphatic carbocycles. The molecule has 0 saturated carbocycles. The molecule has 0 radical (unpaired) electrons. The second kappa shape index (κ2) is 3.24. The van der Waals surface area contributed by atoms with Crippen LogP contribution in [-0.4, -0.2) is 15.5 Å². The van der Waals surface area contributed by atoms with Crippen LogP contribution in [0.1, 0.15) is 29.4 Å². The molecule has 0 spiro atoms. The first-order chi connectivity index (χ1) is 6.00. The molecule has 0 fully saturated rings. The van der Waals surface area contributed by atoms with Crippen LogP contribution in [0, 0.1) is 20.8 Å². The maximum atomic E-state index is 8.71. The highest BCUT2D eigenvalue weighted by molar-refractivity contribution is 5.98. The molecule has 1 aromatic heterocycles. The van der Waals surface area contributed by atoms with E-state index in [-0.39, 0.29) is 0 Å². The molecule has 1 N–H and O–H groups in total. The summed E-state index contributed by atoms with van der Waals surface area (Å²) >= 11 is 0. The number of hydrogen-bond donors (Lipinski definition) is 1. The maximum absolute atomic E-state index is 8.71. The fourth-order valence-electron chi connectivity index (χ4n) is 1.68. The van der Waals surface area contributed by atoms with E-state index in [9.17, 15) is 0 Å². The largest absolute Gasteiger partial charge is 0.411 e. The van der Waals surface area contributed by atoms with Crippen LogP contribution in [0.15, 0.2) is 5.16 Å². The van der Waals surface area contributed by atoms with Crippen LogP contribution in [0.5, 0.6) is 0 Å². The first-order valence-electron chi connectivity index (χ1n) is 4.32. The highest BCUT2D eigenvalue weighted by atomic mass is 16.4. The average Bonchev–Trinajstić information content (AvgIpc) is 2.30. The summed E-state index contributed by atoms with van der Waals surface area (Å²) in [6, 6.07) is 0. The third kappa shape index (κ3) is 1.34. The first-order valence-corrected chi connectivity index (χ1v) is 4.32. The van der Waals surface area contributed by atoms with Gasteiger partial charge in [0.1, 0.15) is 5.71 Å². The predicted octanol–water partition coefficient (Wildman–Crippen LogP) is 2.15. The molecular formula is C10H16N2O. The van der Waals surface area contributed by atoms with Gasteiger partial charge in [-0.1, -0.05) is 5.16 Å². The average molecular weight is 180 g/mol. The van der Waals surface area contributed by atoms with Crippen molar-refractivity contribution in [2.75, 3.05) is 0 Å². The zero-order valence-corrected chi connectivity index (χ0v) is 8.84. The van der Waals surface area contributed by atoms with Gasteiger partial charge in [0.2, 0.25) is 0 Å². The Morgan fingerprint density at radius 2 is 1.77 bits per heavy atom. The lowest BCUT2D eigenvalue weighted by Crippen LogP contribution is -2.05. The Bertz CT molecular complexity index is 336. The van der Waals surface area contributed by atoms with E-state index in [4.69, 9.17) is 5.21 Å². The minimum atomic E-state index is 0.663. The van der Waals surface area contributed by atoms with Crippen LogP contribution in [-0.2, 0) is 7.05 Å².